The molecule has 24 heavy (non-hydrogen) atoms. The number of likely N-dealkylation sites (tertiary alicyclic amines) is 1. The number of hydrogen-bond donors (Lipinski definition) is 0. The maximum atomic E-state index is 12.5. The minimum absolute atomic E-state index is 0.149. The van der Waals surface area contributed by atoms with Crippen molar-refractivity contribution in [2.24, 2.45) is 5.92 Å². The molecular formula is C17H22ClN3O2S. The highest BCUT2D eigenvalue weighted by atomic mass is 35.5. The molecule has 1 fully saturated rings. The molecule has 130 valence electrons. The molecule has 4 atom stereocenters. The second-order valence-electron chi connectivity index (χ2n) is 6.47. The average Bonchev–Trinajstić information content (AvgIpc) is 2.94. The summed E-state index contributed by atoms with van der Waals surface area (Å²) in [6.45, 7) is 3.64. The van der Waals surface area contributed by atoms with E-state index in [0.29, 0.717) is 17.6 Å². The van der Waals surface area contributed by atoms with Gasteiger partial charge < -0.3 is 14.0 Å². The molecule has 0 bridgehead atoms. The van der Waals surface area contributed by atoms with Gasteiger partial charge in [-0.15, -0.1) is 0 Å². The van der Waals surface area contributed by atoms with E-state index in [-0.39, 0.29) is 11.2 Å². The molecular weight excluding hydrogens is 346 g/mol. The Balaban J connectivity index is 1.96. The molecule has 1 aromatic heterocycles. The largest absolute Gasteiger partial charge is 0.616 e. The lowest BCUT2D eigenvalue weighted by Crippen LogP contribution is -2.41. The van der Waals surface area contributed by atoms with Gasteiger partial charge in [-0.05, 0) is 61.7 Å². The molecule has 1 saturated heterocycles. The third-order valence-electron chi connectivity index (χ3n) is 4.69. The molecule has 2 unspecified atom stereocenters. The van der Waals surface area contributed by atoms with Gasteiger partial charge in [-0.25, -0.2) is 0 Å². The lowest BCUT2D eigenvalue weighted by atomic mass is 9.78. The summed E-state index contributed by atoms with van der Waals surface area (Å²) in [7, 11) is 2.10. The highest BCUT2D eigenvalue weighted by Gasteiger charge is 2.43. The van der Waals surface area contributed by atoms with Crippen LogP contribution in [0.25, 0.3) is 0 Å². The molecule has 0 radical (unpaired) electrons. The first kappa shape index (κ1) is 17.7. The topological polar surface area (TPSA) is 65.2 Å². The van der Waals surface area contributed by atoms with Gasteiger partial charge in [-0.2, -0.15) is 4.98 Å². The van der Waals surface area contributed by atoms with E-state index in [4.69, 9.17) is 16.1 Å². The molecule has 0 N–H and O–H groups in total. The van der Waals surface area contributed by atoms with Gasteiger partial charge >= 0.3 is 0 Å². The van der Waals surface area contributed by atoms with E-state index in [0.717, 1.165) is 24.5 Å². The average molecular weight is 368 g/mol. The summed E-state index contributed by atoms with van der Waals surface area (Å²) in [5.41, 5.74) is 1.23. The number of piperidine rings is 1. The van der Waals surface area contributed by atoms with Gasteiger partial charge in [0.15, 0.2) is 11.1 Å². The van der Waals surface area contributed by atoms with Crippen LogP contribution in [-0.4, -0.2) is 46.0 Å². The quantitative estimate of drug-likeness (QED) is 0.776. The van der Waals surface area contributed by atoms with Crippen molar-refractivity contribution in [3.05, 3.63) is 46.6 Å². The number of benzene rings is 1. The first-order valence-corrected chi connectivity index (χ1v) is 10.0. The van der Waals surface area contributed by atoms with Crippen molar-refractivity contribution in [3.63, 3.8) is 0 Å². The Hall–Kier alpha value is -1.08. The van der Waals surface area contributed by atoms with Crippen LogP contribution in [0.1, 0.15) is 34.9 Å². The zero-order valence-corrected chi connectivity index (χ0v) is 15.7. The predicted octanol–water partition coefficient (Wildman–Crippen LogP) is 3.19. The van der Waals surface area contributed by atoms with Gasteiger partial charge in [0.1, 0.15) is 0 Å². The molecule has 1 aromatic carbocycles. The van der Waals surface area contributed by atoms with Crippen LogP contribution in [0.3, 0.4) is 0 Å². The van der Waals surface area contributed by atoms with Crippen molar-refractivity contribution in [1.82, 2.24) is 15.0 Å². The van der Waals surface area contributed by atoms with Crippen molar-refractivity contribution >= 4 is 22.8 Å². The van der Waals surface area contributed by atoms with Crippen molar-refractivity contribution in [2.45, 2.75) is 24.5 Å². The zero-order valence-electron chi connectivity index (χ0n) is 14.1. The van der Waals surface area contributed by atoms with E-state index < -0.39 is 11.2 Å². The van der Waals surface area contributed by atoms with Crippen LogP contribution < -0.4 is 0 Å². The molecule has 2 heterocycles. The molecule has 5 nitrogen and oxygen atoms in total. The summed E-state index contributed by atoms with van der Waals surface area (Å²) in [6, 6.07) is 7.97. The molecule has 2 aromatic rings. The molecule has 0 aliphatic carbocycles. The van der Waals surface area contributed by atoms with Gasteiger partial charge in [0.05, 0.1) is 6.26 Å². The normalized spacial score (nSPS) is 24.7. The number of nitrogens with zero attached hydrogens (tertiary/aromatic N) is 3. The lowest BCUT2D eigenvalue weighted by Gasteiger charge is -2.39. The first-order chi connectivity index (χ1) is 11.5. The standard InChI is InChI=1S/C17H22ClN3O2S/c1-11-19-17(23-20-11)16(24(3)22)15-10-21(2)9-8-14(15)12-4-6-13(18)7-5-12/h4-7,14-16H,8-10H2,1-3H3/t14-,15+,16?,24?/m1/s1. The lowest BCUT2D eigenvalue weighted by molar-refractivity contribution is 0.168. The Kier molecular flexibility index (Phi) is 5.49. The Morgan fingerprint density at radius 3 is 2.67 bits per heavy atom. The molecule has 0 spiro atoms. The molecule has 7 heteroatoms. The first-order valence-electron chi connectivity index (χ1n) is 8.02. The van der Waals surface area contributed by atoms with E-state index in [9.17, 15) is 4.55 Å². The fourth-order valence-electron chi connectivity index (χ4n) is 3.58. The van der Waals surface area contributed by atoms with E-state index in [2.05, 4.69) is 34.2 Å². The summed E-state index contributed by atoms with van der Waals surface area (Å²) in [6.07, 6.45) is 2.72. The number of halogens is 1. The van der Waals surface area contributed by atoms with Crippen LogP contribution in [0, 0.1) is 12.8 Å². The predicted molar refractivity (Wildman–Crippen MR) is 95.6 cm³/mol. The molecule has 0 amide bonds. The van der Waals surface area contributed by atoms with Gasteiger partial charge in [0, 0.05) is 17.5 Å². The maximum Gasteiger partial charge on any atom is 0.280 e. The molecule has 0 saturated carbocycles. The van der Waals surface area contributed by atoms with Crippen LogP contribution in [-0.2, 0) is 11.2 Å². The van der Waals surface area contributed by atoms with Crippen molar-refractivity contribution in [3.8, 4) is 0 Å². The van der Waals surface area contributed by atoms with E-state index in [1.807, 2.05) is 12.1 Å². The third-order valence-corrected chi connectivity index (χ3v) is 6.21. The monoisotopic (exact) mass is 367 g/mol. The zero-order chi connectivity index (χ0) is 17.3. The van der Waals surface area contributed by atoms with Gasteiger partial charge in [0.25, 0.3) is 5.89 Å². The summed E-state index contributed by atoms with van der Waals surface area (Å²) in [5, 5.41) is 4.35. The van der Waals surface area contributed by atoms with Gasteiger partial charge in [0.2, 0.25) is 0 Å². The maximum absolute atomic E-state index is 12.5. The van der Waals surface area contributed by atoms with Crippen LogP contribution in [0.15, 0.2) is 28.8 Å². The Bertz CT molecular complexity index is 677. The fraction of sp³-hybridized carbons (Fsp3) is 0.529. The van der Waals surface area contributed by atoms with Crippen LogP contribution in [0.5, 0.6) is 0 Å². The number of aromatic nitrogens is 2. The van der Waals surface area contributed by atoms with Crippen molar-refractivity contribution in [2.75, 3.05) is 26.4 Å². The molecule has 3 rings (SSSR count). The fourth-order valence-corrected chi connectivity index (χ4v) is 4.86. The number of hydrogen-bond acceptors (Lipinski definition) is 5. The molecule has 1 aliphatic heterocycles. The Morgan fingerprint density at radius 2 is 2.08 bits per heavy atom. The van der Waals surface area contributed by atoms with Gasteiger partial charge in [-0.1, -0.05) is 28.9 Å². The number of aryl methyl sites for hydroxylation is 1. The molecule has 1 aliphatic rings. The van der Waals surface area contributed by atoms with Crippen molar-refractivity contribution in [1.29, 1.82) is 0 Å². The minimum atomic E-state index is -1.10. The minimum Gasteiger partial charge on any atom is -0.616 e. The number of rotatable bonds is 4. The smallest absolute Gasteiger partial charge is 0.280 e. The Morgan fingerprint density at radius 1 is 1.38 bits per heavy atom. The van der Waals surface area contributed by atoms with Crippen LogP contribution in [0.2, 0.25) is 5.02 Å². The van der Waals surface area contributed by atoms with E-state index in [1.54, 1.807) is 13.2 Å². The Labute approximate surface area is 150 Å². The van der Waals surface area contributed by atoms with Crippen molar-refractivity contribution < 1.29 is 9.08 Å². The van der Waals surface area contributed by atoms with E-state index in [1.165, 1.54) is 5.56 Å². The summed E-state index contributed by atoms with van der Waals surface area (Å²) in [4.78, 5) is 6.64. The third kappa shape index (κ3) is 3.77. The SMILES string of the molecule is Cc1noc(C([C@H]2CN(C)CC[C@@H]2c2ccc(Cl)cc2)[S+](C)[O-])n1. The summed E-state index contributed by atoms with van der Waals surface area (Å²) >= 11 is 4.93. The highest BCUT2D eigenvalue weighted by Crippen LogP contribution is 2.43. The highest BCUT2D eigenvalue weighted by molar-refractivity contribution is 7.90. The second-order valence-corrected chi connectivity index (χ2v) is 8.41. The van der Waals surface area contributed by atoms with Crippen LogP contribution >= 0.6 is 11.6 Å². The summed E-state index contributed by atoms with van der Waals surface area (Å²) < 4.78 is 17.9. The second kappa shape index (κ2) is 7.44. The van der Waals surface area contributed by atoms with E-state index >= 15 is 0 Å². The summed E-state index contributed by atoms with van der Waals surface area (Å²) in [5.74, 6) is 1.50. The van der Waals surface area contributed by atoms with Gasteiger partial charge in [-0.3, -0.25) is 0 Å². The van der Waals surface area contributed by atoms with Crippen LogP contribution in [0.4, 0.5) is 0 Å².